The number of methoxy groups -OCH3 is 1. The second-order valence-corrected chi connectivity index (χ2v) is 9.24. The van der Waals surface area contributed by atoms with Gasteiger partial charge in [0.2, 0.25) is 0 Å². The molecule has 0 aliphatic carbocycles. The van der Waals surface area contributed by atoms with Crippen molar-refractivity contribution in [1.29, 1.82) is 0 Å². The van der Waals surface area contributed by atoms with Crippen LogP contribution in [0, 0.1) is 11.6 Å². The van der Waals surface area contributed by atoms with E-state index in [0.29, 0.717) is 6.42 Å². The van der Waals surface area contributed by atoms with Gasteiger partial charge in [-0.2, -0.15) is 0 Å². The van der Waals surface area contributed by atoms with Crippen LogP contribution in [0.1, 0.15) is 42.4 Å². The molecule has 2 heterocycles. The number of likely N-dealkylation sites (tertiary alicyclic amines) is 1. The van der Waals surface area contributed by atoms with Crippen LogP contribution in [-0.4, -0.2) is 42.8 Å². The number of aliphatic hydroxyl groups is 1. The molecule has 2 aliphatic rings. The van der Waals surface area contributed by atoms with E-state index >= 15 is 0 Å². The summed E-state index contributed by atoms with van der Waals surface area (Å²) in [6.45, 7) is 2.67. The number of benzene rings is 3. The Balaban J connectivity index is 1.25. The van der Waals surface area contributed by atoms with E-state index in [1.807, 2.05) is 30.3 Å². The fraction of sp³-hybridized carbons (Fsp3) is 0.357. The van der Waals surface area contributed by atoms with Gasteiger partial charge in [-0.05, 0) is 91.5 Å². The summed E-state index contributed by atoms with van der Waals surface area (Å²) in [5, 5.41) is 10.6. The van der Waals surface area contributed by atoms with Crippen LogP contribution in [0.25, 0.3) is 0 Å². The zero-order chi connectivity index (χ0) is 23.7. The van der Waals surface area contributed by atoms with Crippen LogP contribution in [0.3, 0.4) is 0 Å². The first-order valence-corrected chi connectivity index (χ1v) is 11.9. The summed E-state index contributed by atoms with van der Waals surface area (Å²) in [4.78, 5) is 4.68. The van der Waals surface area contributed by atoms with Crippen LogP contribution in [0.5, 0.6) is 5.75 Å². The number of halogens is 2. The lowest BCUT2D eigenvalue weighted by atomic mass is 9.88. The van der Waals surface area contributed by atoms with Crippen LogP contribution in [-0.2, 0) is 0 Å². The maximum absolute atomic E-state index is 14.2. The smallest absolute Gasteiger partial charge is 0.123 e. The molecule has 0 spiro atoms. The van der Waals surface area contributed by atoms with Gasteiger partial charge in [0, 0.05) is 36.4 Å². The van der Waals surface area contributed by atoms with Crippen molar-refractivity contribution >= 4 is 11.4 Å². The molecule has 3 atom stereocenters. The Bertz CT molecular complexity index is 1120. The fourth-order valence-corrected chi connectivity index (χ4v) is 5.48. The Morgan fingerprint density at radius 2 is 1.74 bits per heavy atom. The Morgan fingerprint density at radius 3 is 2.47 bits per heavy atom. The zero-order valence-electron chi connectivity index (χ0n) is 19.3. The summed E-state index contributed by atoms with van der Waals surface area (Å²) in [6.07, 6.45) is 2.00. The quantitative estimate of drug-likeness (QED) is 0.480. The van der Waals surface area contributed by atoms with Crippen LogP contribution in [0.2, 0.25) is 0 Å². The highest BCUT2D eigenvalue weighted by Crippen LogP contribution is 2.48. The Hall–Kier alpha value is -2.96. The normalized spacial score (nSPS) is 20.6. The van der Waals surface area contributed by atoms with Crippen molar-refractivity contribution in [3.8, 4) is 5.75 Å². The largest absolute Gasteiger partial charge is 0.497 e. The summed E-state index contributed by atoms with van der Waals surface area (Å²) in [5.41, 5.74) is 3.88. The first-order chi connectivity index (χ1) is 16.5. The number of rotatable bonds is 7. The van der Waals surface area contributed by atoms with E-state index in [9.17, 15) is 13.9 Å². The fourth-order valence-electron chi connectivity index (χ4n) is 5.48. The summed E-state index contributed by atoms with van der Waals surface area (Å²) in [7, 11) is 1.63. The zero-order valence-corrected chi connectivity index (χ0v) is 19.3. The SMILES string of the molecule is COc1ccc(C(O)CCCN2CC[C@H]3[C@H](C2)c2cc(F)ccc2N3c2ccc(F)cc2)cc1. The minimum Gasteiger partial charge on any atom is -0.497 e. The number of nitrogens with zero attached hydrogens (tertiary/aromatic N) is 2. The molecule has 0 bridgehead atoms. The molecule has 0 saturated carbocycles. The van der Waals surface area contributed by atoms with Crippen molar-refractivity contribution in [1.82, 2.24) is 4.90 Å². The van der Waals surface area contributed by atoms with E-state index in [4.69, 9.17) is 4.74 Å². The van der Waals surface area contributed by atoms with E-state index in [2.05, 4.69) is 9.80 Å². The minimum atomic E-state index is -0.501. The third-order valence-corrected chi connectivity index (χ3v) is 7.20. The maximum atomic E-state index is 14.2. The molecule has 5 rings (SSSR count). The molecular weight excluding hydrogens is 434 g/mol. The third kappa shape index (κ3) is 4.52. The Kier molecular flexibility index (Phi) is 6.53. The van der Waals surface area contributed by atoms with Crippen LogP contribution >= 0.6 is 0 Å². The van der Waals surface area contributed by atoms with Gasteiger partial charge in [-0.25, -0.2) is 8.78 Å². The lowest BCUT2D eigenvalue weighted by Crippen LogP contribution is -2.45. The third-order valence-electron chi connectivity index (χ3n) is 7.20. The van der Waals surface area contributed by atoms with Gasteiger partial charge in [0.25, 0.3) is 0 Å². The van der Waals surface area contributed by atoms with Gasteiger partial charge in [0.05, 0.1) is 13.2 Å². The van der Waals surface area contributed by atoms with Crippen LogP contribution < -0.4 is 9.64 Å². The van der Waals surface area contributed by atoms with Gasteiger partial charge in [-0.1, -0.05) is 12.1 Å². The van der Waals surface area contributed by atoms with Gasteiger partial charge < -0.3 is 19.6 Å². The molecule has 178 valence electrons. The first-order valence-electron chi connectivity index (χ1n) is 11.9. The number of aliphatic hydroxyl groups excluding tert-OH is 1. The van der Waals surface area contributed by atoms with Crippen molar-refractivity contribution in [3.05, 3.63) is 89.5 Å². The van der Waals surface area contributed by atoms with Crippen LogP contribution in [0.15, 0.2) is 66.7 Å². The number of piperidine rings is 1. The molecule has 3 aromatic carbocycles. The highest BCUT2D eigenvalue weighted by Gasteiger charge is 2.42. The van der Waals surface area contributed by atoms with Crippen molar-refractivity contribution in [2.75, 3.05) is 31.6 Å². The number of hydrogen-bond acceptors (Lipinski definition) is 4. The number of ether oxygens (including phenoxy) is 1. The molecule has 6 heteroatoms. The monoisotopic (exact) mass is 464 g/mol. The molecule has 4 nitrogen and oxygen atoms in total. The Morgan fingerprint density at radius 1 is 1.00 bits per heavy atom. The maximum Gasteiger partial charge on any atom is 0.123 e. The molecule has 3 aromatic rings. The molecule has 1 N–H and O–H groups in total. The Labute approximate surface area is 199 Å². The topological polar surface area (TPSA) is 35.9 Å². The molecule has 1 saturated heterocycles. The minimum absolute atomic E-state index is 0.191. The molecule has 1 unspecified atom stereocenters. The standard InChI is InChI=1S/C28H30F2N2O2/c1-34-23-11-4-19(5-12-23)28(33)3-2-15-31-16-14-27-25(18-31)24-17-21(30)8-13-26(24)32(27)22-9-6-20(29)7-10-22/h4-13,17,25,27-28,33H,2-3,14-16,18H2,1H3/t25-,27+,28?/m1/s1. The predicted molar refractivity (Wildman–Crippen MR) is 130 cm³/mol. The summed E-state index contributed by atoms with van der Waals surface area (Å²) >= 11 is 0. The van der Waals surface area contributed by atoms with Gasteiger partial charge in [-0.3, -0.25) is 0 Å². The summed E-state index contributed by atoms with van der Waals surface area (Å²) in [5.74, 6) is 0.487. The molecule has 2 aliphatic heterocycles. The van der Waals surface area contributed by atoms with E-state index in [-0.39, 0.29) is 23.6 Å². The van der Waals surface area contributed by atoms with Gasteiger partial charge in [0.15, 0.2) is 0 Å². The molecule has 0 aromatic heterocycles. The number of anilines is 2. The lowest BCUT2D eigenvalue weighted by Gasteiger charge is -2.39. The van der Waals surface area contributed by atoms with E-state index in [1.54, 1.807) is 25.3 Å². The van der Waals surface area contributed by atoms with Gasteiger partial charge in [0.1, 0.15) is 17.4 Å². The molecule has 1 fully saturated rings. The van der Waals surface area contributed by atoms with Crippen molar-refractivity contribution in [3.63, 3.8) is 0 Å². The van der Waals surface area contributed by atoms with Crippen molar-refractivity contribution < 1.29 is 18.6 Å². The molecule has 0 radical (unpaired) electrons. The lowest BCUT2D eigenvalue weighted by molar-refractivity contribution is 0.145. The number of hydrogen-bond donors (Lipinski definition) is 1. The van der Waals surface area contributed by atoms with Crippen LogP contribution in [0.4, 0.5) is 20.2 Å². The molecule has 34 heavy (non-hydrogen) atoms. The average Bonchev–Trinajstić information content (AvgIpc) is 3.17. The average molecular weight is 465 g/mol. The number of fused-ring (bicyclic) bond motifs is 3. The van der Waals surface area contributed by atoms with Gasteiger partial charge >= 0.3 is 0 Å². The molecular formula is C28H30F2N2O2. The van der Waals surface area contributed by atoms with Crippen molar-refractivity contribution in [2.45, 2.75) is 37.3 Å². The summed E-state index contributed by atoms with van der Waals surface area (Å²) < 4.78 is 32.9. The van der Waals surface area contributed by atoms with E-state index in [1.165, 1.54) is 18.2 Å². The highest BCUT2D eigenvalue weighted by molar-refractivity contribution is 5.73. The second kappa shape index (κ2) is 9.72. The molecule has 0 amide bonds. The van der Waals surface area contributed by atoms with Gasteiger partial charge in [-0.15, -0.1) is 0 Å². The van der Waals surface area contributed by atoms with E-state index in [0.717, 1.165) is 60.7 Å². The summed E-state index contributed by atoms with van der Waals surface area (Å²) in [6, 6.07) is 19.4. The highest BCUT2D eigenvalue weighted by atomic mass is 19.1. The first kappa shape index (κ1) is 22.8. The van der Waals surface area contributed by atoms with E-state index < -0.39 is 6.10 Å². The second-order valence-electron chi connectivity index (χ2n) is 9.24. The van der Waals surface area contributed by atoms with Crippen molar-refractivity contribution in [2.24, 2.45) is 0 Å². The predicted octanol–water partition coefficient (Wildman–Crippen LogP) is 5.80.